The van der Waals surface area contributed by atoms with Gasteiger partial charge in [-0.05, 0) is 30.2 Å². The first-order valence-electron chi connectivity index (χ1n) is 5.27. The van der Waals surface area contributed by atoms with Crippen molar-refractivity contribution in [3.8, 4) is 0 Å². The highest BCUT2D eigenvalue weighted by Crippen LogP contribution is 2.24. The minimum Gasteiger partial charge on any atom is -0.378 e. The van der Waals surface area contributed by atoms with Gasteiger partial charge in [0.1, 0.15) is 0 Å². The van der Waals surface area contributed by atoms with Crippen LogP contribution in [-0.2, 0) is 6.54 Å². The quantitative estimate of drug-likeness (QED) is 0.838. The Bertz CT molecular complexity index is 506. The van der Waals surface area contributed by atoms with Gasteiger partial charge in [-0.25, -0.2) is 4.98 Å². The van der Waals surface area contributed by atoms with Crippen molar-refractivity contribution < 1.29 is 0 Å². The molecule has 0 aliphatic heterocycles. The highest BCUT2D eigenvalue weighted by atomic mass is 35.5. The van der Waals surface area contributed by atoms with E-state index in [9.17, 15) is 0 Å². The van der Waals surface area contributed by atoms with Crippen LogP contribution in [0.3, 0.4) is 0 Å². The summed E-state index contributed by atoms with van der Waals surface area (Å²) in [7, 11) is 0. The highest BCUT2D eigenvalue weighted by molar-refractivity contribution is 6.32. The highest BCUT2D eigenvalue weighted by Gasteiger charge is 2.05. The molecule has 1 heterocycles. The van der Waals surface area contributed by atoms with Gasteiger partial charge in [-0.2, -0.15) is 0 Å². The Balaban J connectivity index is 2.16. The van der Waals surface area contributed by atoms with Crippen LogP contribution in [0, 0.1) is 6.92 Å². The molecule has 0 amide bonds. The Morgan fingerprint density at radius 2 is 1.94 bits per heavy atom. The van der Waals surface area contributed by atoms with Crippen molar-refractivity contribution >= 4 is 28.9 Å². The molecular formula is C13H12Cl2N2. The Hall–Kier alpha value is -1.25. The molecule has 1 aromatic carbocycles. The van der Waals surface area contributed by atoms with Crippen LogP contribution in [0.1, 0.15) is 11.1 Å². The smallest absolute Gasteiger partial charge is 0.152 e. The van der Waals surface area contributed by atoms with E-state index in [1.165, 1.54) is 0 Å². The monoisotopic (exact) mass is 266 g/mol. The van der Waals surface area contributed by atoms with E-state index >= 15 is 0 Å². The van der Waals surface area contributed by atoms with Gasteiger partial charge in [-0.3, -0.25) is 0 Å². The fourth-order valence-corrected chi connectivity index (χ4v) is 2.04. The summed E-state index contributed by atoms with van der Waals surface area (Å²) in [6.45, 7) is 2.62. The molecule has 0 saturated carbocycles. The van der Waals surface area contributed by atoms with E-state index in [0.717, 1.165) is 21.8 Å². The fourth-order valence-electron chi connectivity index (χ4n) is 1.56. The number of nitrogens with one attached hydrogen (secondary N) is 1. The molecule has 0 aliphatic rings. The average molecular weight is 267 g/mol. The molecule has 2 rings (SSSR count). The molecular weight excluding hydrogens is 255 g/mol. The molecule has 2 aromatic rings. The topological polar surface area (TPSA) is 24.9 Å². The van der Waals surface area contributed by atoms with Crippen molar-refractivity contribution in [2.24, 2.45) is 0 Å². The zero-order valence-corrected chi connectivity index (χ0v) is 10.9. The summed E-state index contributed by atoms with van der Waals surface area (Å²) in [5, 5.41) is 4.49. The predicted molar refractivity (Wildman–Crippen MR) is 72.8 cm³/mol. The van der Waals surface area contributed by atoms with E-state index in [4.69, 9.17) is 23.2 Å². The second-order valence-electron chi connectivity index (χ2n) is 3.74. The third-order valence-electron chi connectivity index (χ3n) is 2.53. The molecule has 0 bridgehead atoms. The molecule has 0 unspecified atom stereocenters. The van der Waals surface area contributed by atoms with Crippen LogP contribution in [0.25, 0.3) is 0 Å². The summed E-state index contributed by atoms with van der Waals surface area (Å²) in [4.78, 5) is 4.04. The van der Waals surface area contributed by atoms with E-state index in [1.54, 1.807) is 6.20 Å². The maximum absolute atomic E-state index is 6.08. The summed E-state index contributed by atoms with van der Waals surface area (Å²) in [6, 6.07) is 9.64. The molecule has 4 heteroatoms. The molecule has 2 nitrogen and oxygen atoms in total. The van der Waals surface area contributed by atoms with E-state index < -0.39 is 0 Å². The zero-order valence-electron chi connectivity index (χ0n) is 9.37. The Kier molecular flexibility index (Phi) is 3.87. The van der Waals surface area contributed by atoms with Gasteiger partial charge < -0.3 is 5.32 Å². The number of rotatable bonds is 3. The molecule has 88 valence electrons. The van der Waals surface area contributed by atoms with Crippen LogP contribution >= 0.6 is 23.2 Å². The van der Waals surface area contributed by atoms with Gasteiger partial charge in [-0.15, -0.1) is 0 Å². The summed E-state index contributed by atoms with van der Waals surface area (Å²) < 4.78 is 0. The Morgan fingerprint density at radius 3 is 2.65 bits per heavy atom. The van der Waals surface area contributed by atoms with Crippen molar-refractivity contribution in [3.05, 3.63) is 57.8 Å². The number of benzene rings is 1. The second-order valence-corrected chi connectivity index (χ2v) is 4.50. The first-order chi connectivity index (χ1) is 8.18. The molecule has 0 fully saturated rings. The largest absolute Gasteiger partial charge is 0.378 e. The normalized spacial score (nSPS) is 10.3. The summed E-state index contributed by atoms with van der Waals surface area (Å²) in [5.41, 5.74) is 2.96. The Labute approximate surface area is 111 Å². The minimum atomic E-state index is 0.483. The number of pyridine rings is 1. The predicted octanol–water partition coefficient (Wildman–Crippen LogP) is 4.31. The van der Waals surface area contributed by atoms with Gasteiger partial charge in [0.05, 0.1) is 5.69 Å². The molecule has 0 radical (unpaired) electrons. The van der Waals surface area contributed by atoms with Crippen LogP contribution in [-0.4, -0.2) is 4.98 Å². The number of hydrogen-bond acceptors (Lipinski definition) is 2. The SMILES string of the molecule is Cc1ccnc(Cl)c1NCc1ccccc1Cl. The van der Waals surface area contributed by atoms with Gasteiger partial charge in [0, 0.05) is 17.8 Å². The van der Waals surface area contributed by atoms with Gasteiger partial charge in [0.15, 0.2) is 5.15 Å². The minimum absolute atomic E-state index is 0.483. The van der Waals surface area contributed by atoms with Crippen molar-refractivity contribution in [1.82, 2.24) is 4.98 Å². The third kappa shape index (κ3) is 2.90. The van der Waals surface area contributed by atoms with Crippen molar-refractivity contribution in [1.29, 1.82) is 0 Å². The van der Waals surface area contributed by atoms with Crippen LogP contribution in [0.15, 0.2) is 36.5 Å². The number of halogens is 2. The lowest BCUT2D eigenvalue weighted by molar-refractivity contribution is 1.12. The van der Waals surface area contributed by atoms with Gasteiger partial charge in [0.25, 0.3) is 0 Å². The van der Waals surface area contributed by atoms with Crippen LogP contribution < -0.4 is 5.32 Å². The number of aromatic nitrogens is 1. The molecule has 0 spiro atoms. The van der Waals surface area contributed by atoms with E-state index in [-0.39, 0.29) is 0 Å². The first kappa shape index (κ1) is 12.2. The van der Waals surface area contributed by atoms with Crippen LogP contribution in [0.5, 0.6) is 0 Å². The number of aryl methyl sites for hydroxylation is 1. The standard InChI is InChI=1S/C13H12Cl2N2/c1-9-6-7-16-13(15)12(9)17-8-10-4-2-3-5-11(10)14/h2-7,17H,8H2,1H3. The van der Waals surface area contributed by atoms with Crippen molar-refractivity contribution in [2.75, 3.05) is 5.32 Å². The van der Waals surface area contributed by atoms with Gasteiger partial charge in [-0.1, -0.05) is 41.4 Å². The van der Waals surface area contributed by atoms with Gasteiger partial charge in [0.2, 0.25) is 0 Å². The fraction of sp³-hybridized carbons (Fsp3) is 0.154. The van der Waals surface area contributed by atoms with Crippen molar-refractivity contribution in [3.63, 3.8) is 0 Å². The third-order valence-corrected chi connectivity index (χ3v) is 3.18. The molecule has 17 heavy (non-hydrogen) atoms. The van der Waals surface area contributed by atoms with E-state index in [0.29, 0.717) is 11.7 Å². The lowest BCUT2D eigenvalue weighted by Gasteiger charge is -2.11. The zero-order chi connectivity index (χ0) is 12.3. The Morgan fingerprint density at radius 1 is 1.18 bits per heavy atom. The summed E-state index contributed by atoms with van der Waals surface area (Å²) >= 11 is 12.1. The number of nitrogens with zero attached hydrogens (tertiary/aromatic N) is 1. The summed E-state index contributed by atoms with van der Waals surface area (Å²) in [5.74, 6) is 0. The van der Waals surface area contributed by atoms with E-state index in [2.05, 4.69) is 10.3 Å². The second kappa shape index (κ2) is 5.39. The summed E-state index contributed by atoms with van der Waals surface area (Å²) in [6.07, 6.45) is 1.69. The van der Waals surface area contributed by atoms with Crippen LogP contribution in [0.2, 0.25) is 10.2 Å². The van der Waals surface area contributed by atoms with Gasteiger partial charge >= 0.3 is 0 Å². The molecule has 1 aromatic heterocycles. The molecule has 0 aliphatic carbocycles. The van der Waals surface area contributed by atoms with Crippen LogP contribution in [0.4, 0.5) is 5.69 Å². The lowest BCUT2D eigenvalue weighted by Crippen LogP contribution is -2.02. The maximum atomic E-state index is 6.08. The first-order valence-corrected chi connectivity index (χ1v) is 6.02. The lowest BCUT2D eigenvalue weighted by atomic mass is 10.2. The molecule has 1 N–H and O–H groups in total. The molecule has 0 saturated heterocycles. The number of hydrogen-bond donors (Lipinski definition) is 1. The number of anilines is 1. The average Bonchev–Trinajstić information content (AvgIpc) is 2.30. The van der Waals surface area contributed by atoms with E-state index in [1.807, 2.05) is 37.3 Å². The maximum Gasteiger partial charge on any atom is 0.152 e. The molecule has 0 atom stereocenters. The van der Waals surface area contributed by atoms with Crippen molar-refractivity contribution in [2.45, 2.75) is 13.5 Å².